The molecule has 0 fully saturated rings. The molecule has 0 aliphatic carbocycles. The summed E-state index contributed by atoms with van der Waals surface area (Å²) in [4.78, 5) is 17.1. The highest BCUT2D eigenvalue weighted by atomic mass is 16.1. The summed E-state index contributed by atoms with van der Waals surface area (Å²) in [5.41, 5.74) is 6.68. The zero-order valence-electron chi connectivity index (χ0n) is 17.7. The van der Waals surface area contributed by atoms with E-state index in [4.69, 9.17) is 0 Å². The number of nitrogens with one attached hydrogen (secondary N) is 2. The molecule has 4 rings (SSSR count). The normalized spacial score (nSPS) is 14.6. The molecule has 1 aromatic carbocycles. The van der Waals surface area contributed by atoms with Crippen molar-refractivity contribution in [3.8, 4) is 0 Å². The van der Waals surface area contributed by atoms with Gasteiger partial charge in [-0.05, 0) is 61.2 Å². The van der Waals surface area contributed by atoms with Gasteiger partial charge in [0.15, 0.2) is 0 Å². The molecule has 30 heavy (non-hydrogen) atoms. The van der Waals surface area contributed by atoms with E-state index in [0.717, 1.165) is 42.9 Å². The van der Waals surface area contributed by atoms with Gasteiger partial charge in [-0.15, -0.1) is 0 Å². The van der Waals surface area contributed by atoms with Crippen LogP contribution in [0.2, 0.25) is 0 Å². The number of benzene rings is 1. The lowest BCUT2D eigenvalue weighted by molar-refractivity contribution is -0.121. The second-order valence-electron chi connectivity index (χ2n) is 8.01. The minimum Gasteiger partial charge on any atom is -0.345 e. The Morgan fingerprint density at radius 3 is 2.90 bits per heavy atom. The summed E-state index contributed by atoms with van der Waals surface area (Å²) >= 11 is 0. The first-order valence-corrected chi connectivity index (χ1v) is 10.6. The molecule has 156 valence electrons. The first kappa shape index (κ1) is 20.3. The zero-order chi connectivity index (χ0) is 20.9. The molecule has 0 radical (unpaired) electrons. The number of aromatic nitrogens is 3. The number of pyridine rings is 1. The number of nitrogens with zero attached hydrogens (tertiary/aromatic N) is 3. The van der Waals surface area contributed by atoms with Gasteiger partial charge in [0.05, 0.1) is 17.4 Å². The van der Waals surface area contributed by atoms with Crippen LogP contribution in [0.5, 0.6) is 0 Å². The Hall–Kier alpha value is -2.99. The van der Waals surface area contributed by atoms with E-state index in [0.29, 0.717) is 12.8 Å². The minimum absolute atomic E-state index is 0.0170. The van der Waals surface area contributed by atoms with Gasteiger partial charge in [0.25, 0.3) is 0 Å². The number of aryl methyl sites for hydroxylation is 4. The quantitative estimate of drug-likeness (QED) is 0.663. The number of fused-ring (bicyclic) bond motifs is 1. The van der Waals surface area contributed by atoms with Crippen LogP contribution in [-0.2, 0) is 24.3 Å². The van der Waals surface area contributed by atoms with Gasteiger partial charge in [-0.25, -0.2) is 0 Å². The van der Waals surface area contributed by atoms with Gasteiger partial charge in [-0.3, -0.25) is 14.5 Å². The van der Waals surface area contributed by atoms with Gasteiger partial charge in [0.1, 0.15) is 0 Å². The smallest absolute Gasteiger partial charge is 0.221 e. The molecular formula is C24H29N5O. The van der Waals surface area contributed by atoms with E-state index in [1.165, 1.54) is 16.8 Å². The van der Waals surface area contributed by atoms with E-state index in [-0.39, 0.29) is 11.9 Å². The van der Waals surface area contributed by atoms with E-state index >= 15 is 0 Å². The number of carbonyl (C=O) groups excluding carboxylic acids is 1. The topological polar surface area (TPSA) is 71.8 Å². The molecule has 1 amide bonds. The Bertz CT molecular complexity index is 988. The summed E-state index contributed by atoms with van der Waals surface area (Å²) in [6.45, 7) is 6.99. The highest BCUT2D eigenvalue weighted by molar-refractivity contribution is 5.77. The maximum Gasteiger partial charge on any atom is 0.221 e. The molecule has 3 aromatic rings. The molecule has 0 spiro atoms. The standard InChI is InChI=1S/C24H29N5O/c1-17-6-7-19(13-18(17)2)24(20-5-3-10-25-15-20)27-23(30)9-8-21-14-22-16-26-11-4-12-29(22)28-21/h3,5-7,10,13-15,24,26H,4,8-9,11-12,16H2,1-2H3,(H,27,30)/t24-/m1/s1. The van der Waals surface area contributed by atoms with Crippen LogP contribution in [0, 0.1) is 13.8 Å². The van der Waals surface area contributed by atoms with Crippen LogP contribution in [0.3, 0.4) is 0 Å². The predicted molar refractivity (Wildman–Crippen MR) is 117 cm³/mol. The molecule has 6 heteroatoms. The molecular weight excluding hydrogens is 374 g/mol. The molecule has 0 saturated heterocycles. The first-order valence-electron chi connectivity index (χ1n) is 10.6. The maximum absolute atomic E-state index is 12.8. The summed E-state index contributed by atoms with van der Waals surface area (Å²) in [5, 5.41) is 11.3. The zero-order valence-corrected chi connectivity index (χ0v) is 17.7. The average molecular weight is 404 g/mol. The third-order valence-electron chi connectivity index (χ3n) is 5.74. The Labute approximate surface area is 177 Å². The van der Waals surface area contributed by atoms with Crippen LogP contribution >= 0.6 is 0 Å². The largest absolute Gasteiger partial charge is 0.345 e. The summed E-state index contributed by atoms with van der Waals surface area (Å²) < 4.78 is 2.07. The fraction of sp³-hybridized carbons (Fsp3) is 0.375. The fourth-order valence-corrected chi connectivity index (χ4v) is 3.87. The second kappa shape index (κ2) is 9.22. The summed E-state index contributed by atoms with van der Waals surface area (Å²) in [7, 11) is 0. The van der Waals surface area contributed by atoms with Crippen molar-refractivity contribution in [2.24, 2.45) is 0 Å². The first-order chi connectivity index (χ1) is 14.6. The van der Waals surface area contributed by atoms with Gasteiger partial charge in [-0.2, -0.15) is 5.10 Å². The lowest BCUT2D eigenvalue weighted by Gasteiger charge is -2.20. The highest BCUT2D eigenvalue weighted by Crippen LogP contribution is 2.24. The summed E-state index contributed by atoms with van der Waals surface area (Å²) in [5.74, 6) is 0.0170. The molecule has 0 saturated carbocycles. The summed E-state index contributed by atoms with van der Waals surface area (Å²) in [6.07, 6.45) is 5.70. The van der Waals surface area contributed by atoms with E-state index in [1.807, 2.05) is 18.3 Å². The van der Waals surface area contributed by atoms with Crippen LogP contribution in [0.15, 0.2) is 48.8 Å². The Balaban J connectivity index is 1.46. The Morgan fingerprint density at radius 2 is 2.10 bits per heavy atom. The van der Waals surface area contributed by atoms with Crippen molar-refractivity contribution in [1.29, 1.82) is 0 Å². The van der Waals surface area contributed by atoms with Crippen molar-refractivity contribution in [3.05, 3.63) is 82.4 Å². The van der Waals surface area contributed by atoms with E-state index in [9.17, 15) is 4.79 Å². The monoisotopic (exact) mass is 403 g/mol. The van der Waals surface area contributed by atoms with Gasteiger partial charge in [-0.1, -0.05) is 24.3 Å². The highest BCUT2D eigenvalue weighted by Gasteiger charge is 2.18. The number of hydrogen-bond donors (Lipinski definition) is 2. The molecule has 3 heterocycles. The van der Waals surface area contributed by atoms with Crippen molar-refractivity contribution in [1.82, 2.24) is 25.4 Å². The molecule has 1 atom stereocenters. The Morgan fingerprint density at radius 1 is 1.20 bits per heavy atom. The lowest BCUT2D eigenvalue weighted by Crippen LogP contribution is -2.29. The minimum atomic E-state index is -0.214. The van der Waals surface area contributed by atoms with Crippen LogP contribution in [0.25, 0.3) is 0 Å². The lowest BCUT2D eigenvalue weighted by atomic mass is 9.96. The Kier molecular flexibility index (Phi) is 6.23. The van der Waals surface area contributed by atoms with E-state index in [2.05, 4.69) is 63.5 Å². The van der Waals surface area contributed by atoms with Gasteiger partial charge < -0.3 is 10.6 Å². The third kappa shape index (κ3) is 4.76. The number of carbonyl (C=O) groups is 1. The second-order valence-corrected chi connectivity index (χ2v) is 8.01. The number of amides is 1. The molecule has 1 aliphatic heterocycles. The summed E-state index contributed by atoms with van der Waals surface area (Å²) in [6, 6.07) is 12.1. The van der Waals surface area contributed by atoms with E-state index in [1.54, 1.807) is 6.20 Å². The van der Waals surface area contributed by atoms with Gasteiger partial charge in [0, 0.05) is 38.3 Å². The van der Waals surface area contributed by atoms with Crippen molar-refractivity contribution in [2.45, 2.75) is 52.2 Å². The molecule has 2 N–H and O–H groups in total. The van der Waals surface area contributed by atoms with Crippen molar-refractivity contribution < 1.29 is 4.79 Å². The van der Waals surface area contributed by atoms with Gasteiger partial charge in [0.2, 0.25) is 5.91 Å². The van der Waals surface area contributed by atoms with Crippen LogP contribution < -0.4 is 10.6 Å². The van der Waals surface area contributed by atoms with Crippen LogP contribution in [-0.4, -0.2) is 27.2 Å². The number of rotatable bonds is 6. The van der Waals surface area contributed by atoms with Crippen LogP contribution in [0.4, 0.5) is 0 Å². The van der Waals surface area contributed by atoms with Crippen molar-refractivity contribution >= 4 is 5.91 Å². The third-order valence-corrected chi connectivity index (χ3v) is 5.74. The molecule has 0 bridgehead atoms. The SMILES string of the molecule is Cc1ccc([C@@H](NC(=O)CCc2cc3n(n2)CCCNC3)c2cccnc2)cc1C. The predicted octanol–water partition coefficient (Wildman–Crippen LogP) is 3.23. The van der Waals surface area contributed by atoms with Gasteiger partial charge >= 0.3 is 0 Å². The fourth-order valence-electron chi connectivity index (χ4n) is 3.87. The van der Waals surface area contributed by atoms with Crippen molar-refractivity contribution in [3.63, 3.8) is 0 Å². The molecule has 1 aliphatic rings. The molecule has 0 unspecified atom stereocenters. The maximum atomic E-state index is 12.8. The number of hydrogen-bond acceptors (Lipinski definition) is 4. The average Bonchev–Trinajstić information content (AvgIpc) is 3.02. The molecule has 2 aromatic heterocycles. The van der Waals surface area contributed by atoms with Crippen molar-refractivity contribution in [2.75, 3.05) is 6.54 Å². The molecule has 6 nitrogen and oxygen atoms in total. The van der Waals surface area contributed by atoms with Crippen LogP contribution in [0.1, 0.15) is 52.5 Å². The van der Waals surface area contributed by atoms with E-state index < -0.39 is 0 Å².